The van der Waals surface area contributed by atoms with Gasteiger partial charge in [-0.25, -0.2) is 0 Å². The summed E-state index contributed by atoms with van der Waals surface area (Å²) in [5.74, 6) is -0.0555. The Balaban J connectivity index is 0.00000169. The number of carbonyl (C=O) groups is 1. The van der Waals surface area contributed by atoms with Crippen molar-refractivity contribution in [1.82, 2.24) is 10.2 Å². The molecule has 2 aliphatic rings. The Kier molecular flexibility index (Phi) is 9.72. The highest BCUT2D eigenvalue weighted by Crippen LogP contribution is 2.37. The van der Waals surface area contributed by atoms with Crippen LogP contribution in [0.4, 0.5) is 5.69 Å². The molecule has 0 unspecified atom stereocenters. The van der Waals surface area contributed by atoms with E-state index >= 15 is 0 Å². The van der Waals surface area contributed by atoms with Gasteiger partial charge in [-0.3, -0.25) is 9.69 Å². The average molecular weight is 404 g/mol. The molecular weight excluding hydrogens is 373 g/mol. The van der Waals surface area contributed by atoms with Crippen LogP contribution in [0.15, 0.2) is 24.3 Å². The van der Waals surface area contributed by atoms with Crippen molar-refractivity contribution in [3.05, 3.63) is 29.8 Å². The maximum absolute atomic E-state index is 12.5. The molecule has 1 amide bonds. The van der Waals surface area contributed by atoms with Crippen LogP contribution in [0.25, 0.3) is 0 Å². The third kappa shape index (κ3) is 6.02. The first kappa shape index (κ1) is 23.0. The molecular formula is C19H31Cl2N3O2. The lowest BCUT2D eigenvalue weighted by Gasteiger charge is -2.42. The van der Waals surface area contributed by atoms with Gasteiger partial charge >= 0.3 is 0 Å². The van der Waals surface area contributed by atoms with E-state index in [0.717, 1.165) is 39.4 Å². The molecule has 0 aromatic heterocycles. The van der Waals surface area contributed by atoms with Gasteiger partial charge in [0, 0.05) is 37.3 Å². The number of halogens is 2. The fraction of sp³-hybridized carbons (Fsp3) is 0.632. The summed E-state index contributed by atoms with van der Waals surface area (Å²) in [6.45, 7) is 5.44. The topological polar surface area (TPSA) is 67.6 Å². The predicted octanol–water partition coefficient (Wildman–Crippen LogP) is 3.12. The van der Waals surface area contributed by atoms with Gasteiger partial charge in [0.25, 0.3) is 5.91 Å². The van der Waals surface area contributed by atoms with Crippen molar-refractivity contribution in [2.75, 3.05) is 45.1 Å². The van der Waals surface area contributed by atoms with Crippen LogP contribution in [0.5, 0.6) is 0 Å². The molecule has 1 heterocycles. The minimum atomic E-state index is -0.0555. The number of hydrogen-bond donors (Lipinski definition) is 2. The number of hydrogen-bond acceptors (Lipinski definition) is 4. The SMILES string of the molecule is Cl.Cl.Nc1ccccc1C(=O)NCC1(CN2CCOCC2)CCCCC1. The van der Waals surface area contributed by atoms with Crippen LogP contribution in [0, 0.1) is 5.41 Å². The second kappa shape index (κ2) is 11.0. The van der Waals surface area contributed by atoms with Crippen LogP contribution in [-0.4, -0.2) is 50.2 Å². The van der Waals surface area contributed by atoms with Crippen LogP contribution in [-0.2, 0) is 4.74 Å². The van der Waals surface area contributed by atoms with Crippen LogP contribution < -0.4 is 11.1 Å². The smallest absolute Gasteiger partial charge is 0.253 e. The molecule has 0 bridgehead atoms. The second-order valence-corrected chi connectivity index (χ2v) is 7.22. The number of nitrogen functional groups attached to an aromatic ring is 1. The molecule has 3 N–H and O–H groups in total. The van der Waals surface area contributed by atoms with Gasteiger partial charge in [0.05, 0.1) is 18.8 Å². The molecule has 148 valence electrons. The molecule has 26 heavy (non-hydrogen) atoms. The molecule has 1 aromatic rings. The summed E-state index contributed by atoms with van der Waals surface area (Å²) in [5, 5.41) is 3.16. The van der Waals surface area contributed by atoms with Crippen LogP contribution >= 0.6 is 24.8 Å². The number of amides is 1. The first-order valence-electron chi connectivity index (χ1n) is 9.11. The first-order chi connectivity index (χ1) is 11.7. The molecule has 0 atom stereocenters. The lowest BCUT2D eigenvalue weighted by Crippen LogP contribution is -2.49. The lowest BCUT2D eigenvalue weighted by atomic mass is 9.73. The summed E-state index contributed by atoms with van der Waals surface area (Å²) in [5.41, 5.74) is 7.24. The van der Waals surface area contributed by atoms with E-state index in [1.54, 1.807) is 12.1 Å². The number of nitrogens with two attached hydrogens (primary N) is 1. The summed E-state index contributed by atoms with van der Waals surface area (Å²) in [6.07, 6.45) is 6.20. The number of benzene rings is 1. The molecule has 1 aliphatic carbocycles. The molecule has 0 spiro atoms. The third-order valence-electron chi connectivity index (χ3n) is 5.41. The van der Waals surface area contributed by atoms with E-state index < -0.39 is 0 Å². The standard InChI is InChI=1S/C19H29N3O2.2ClH/c20-17-7-3-2-6-16(17)18(23)21-14-19(8-4-1-5-9-19)15-22-10-12-24-13-11-22;;/h2-3,6-7H,1,4-5,8-15,20H2,(H,21,23);2*1H. The zero-order valence-electron chi connectivity index (χ0n) is 15.2. The molecule has 1 aliphatic heterocycles. The van der Waals surface area contributed by atoms with E-state index in [1.165, 1.54) is 32.1 Å². The van der Waals surface area contributed by atoms with Crippen molar-refractivity contribution in [2.45, 2.75) is 32.1 Å². The minimum Gasteiger partial charge on any atom is -0.398 e. The molecule has 5 nitrogen and oxygen atoms in total. The van der Waals surface area contributed by atoms with Crippen molar-refractivity contribution in [3.63, 3.8) is 0 Å². The van der Waals surface area contributed by atoms with Gasteiger partial charge in [-0.1, -0.05) is 31.4 Å². The Labute approximate surface area is 168 Å². The van der Waals surface area contributed by atoms with E-state index in [-0.39, 0.29) is 36.1 Å². The van der Waals surface area contributed by atoms with Crippen LogP contribution in [0.2, 0.25) is 0 Å². The number of nitrogens with zero attached hydrogens (tertiary/aromatic N) is 1. The third-order valence-corrected chi connectivity index (χ3v) is 5.41. The molecule has 3 rings (SSSR count). The fourth-order valence-electron chi connectivity index (χ4n) is 3.99. The van der Waals surface area contributed by atoms with Gasteiger partial charge in [0.1, 0.15) is 0 Å². The van der Waals surface area contributed by atoms with Crippen molar-refractivity contribution in [1.29, 1.82) is 0 Å². The second-order valence-electron chi connectivity index (χ2n) is 7.22. The quantitative estimate of drug-likeness (QED) is 0.740. The normalized spacial score (nSPS) is 19.7. The zero-order valence-corrected chi connectivity index (χ0v) is 16.9. The fourth-order valence-corrected chi connectivity index (χ4v) is 3.99. The van der Waals surface area contributed by atoms with Crippen molar-refractivity contribution in [3.8, 4) is 0 Å². The molecule has 0 radical (unpaired) electrons. The van der Waals surface area contributed by atoms with Gasteiger partial charge in [-0.05, 0) is 25.0 Å². The number of morpholine rings is 1. The zero-order chi connectivity index (χ0) is 16.8. The van der Waals surface area contributed by atoms with Crippen molar-refractivity contribution >= 4 is 36.4 Å². The number of nitrogens with one attached hydrogen (secondary N) is 1. The molecule has 1 saturated heterocycles. The van der Waals surface area contributed by atoms with E-state index in [4.69, 9.17) is 10.5 Å². The number of para-hydroxylation sites is 1. The predicted molar refractivity (Wildman–Crippen MR) is 110 cm³/mol. The maximum atomic E-state index is 12.5. The Morgan fingerprint density at radius 1 is 1.12 bits per heavy atom. The van der Waals surface area contributed by atoms with Crippen molar-refractivity contribution < 1.29 is 9.53 Å². The molecule has 7 heteroatoms. The molecule has 1 aromatic carbocycles. The van der Waals surface area contributed by atoms with E-state index in [1.807, 2.05) is 12.1 Å². The van der Waals surface area contributed by atoms with Gasteiger partial charge in [0.15, 0.2) is 0 Å². The van der Waals surface area contributed by atoms with E-state index in [2.05, 4.69) is 10.2 Å². The summed E-state index contributed by atoms with van der Waals surface area (Å²) < 4.78 is 5.47. The first-order valence-corrected chi connectivity index (χ1v) is 9.11. The highest BCUT2D eigenvalue weighted by Gasteiger charge is 2.34. The maximum Gasteiger partial charge on any atom is 0.253 e. The minimum absolute atomic E-state index is 0. The van der Waals surface area contributed by atoms with Crippen molar-refractivity contribution in [2.24, 2.45) is 5.41 Å². The van der Waals surface area contributed by atoms with Gasteiger partial charge < -0.3 is 15.8 Å². The van der Waals surface area contributed by atoms with Gasteiger partial charge in [0.2, 0.25) is 0 Å². The molecule has 1 saturated carbocycles. The largest absolute Gasteiger partial charge is 0.398 e. The van der Waals surface area contributed by atoms with E-state index in [0.29, 0.717) is 11.3 Å². The highest BCUT2D eigenvalue weighted by molar-refractivity contribution is 5.99. The molecule has 2 fully saturated rings. The van der Waals surface area contributed by atoms with Gasteiger partial charge in [-0.15, -0.1) is 24.8 Å². The van der Waals surface area contributed by atoms with E-state index in [9.17, 15) is 4.79 Å². The Morgan fingerprint density at radius 3 is 2.42 bits per heavy atom. The summed E-state index contributed by atoms with van der Waals surface area (Å²) in [7, 11) is 0. The summed E-state index contributed by atoms with van der Waals surface area (Å²) in [4.78, 5) is 15.0. The monoisotopic (exact) mass is 403 g/mol. The summed E-state index contributed by atoms with van der Waals surface area (Å²) in [6, 6.07) is 7.28. The lowest BCUT2D eigenvalue weighted by molar-refractivity contribution is 0.00728. The van der Waals surface area contributed by atoms with Crippen LogP contribution in [0.1, 0.15) is 42.5 Å². The Bertz CT molecular complexity index is 559. The number of ether oxygens (including phenoxy) is 1. The highest BCUT2D eigenvalue weighted by atomic mass is 35.5. The van der Waals surface area contributed by atoms with Gasteiger partial charge in [-0.2, -0.15) is 0 Å². The Hall–Kier alpha value is -1.01. The van der Waals surface area contributed by atoms with Crippen LogP contribution in [0.3, 0.4) is 0 Å². The Morgan fingerprint density at radius 2 is 1.77 bits per heavy atom. The number of anilines is 1. The summed E-state index contributed by atoms with van der Waals surface area (Å²) >= 11 is 0. The number of rotatable bonds is 5. The average Bonchev–Trinajstić information content (AvgIpc) is 2.62. The number of carbonyl (C=O) groups excluding carboxylic acids is 1.